The Morgan fingerprint density at radius 2 is 2.31 bits per heavy atom. The van der Waals surface area contributed by atoms with E-state index < -0.39 is 0 Å². The molecule has 2 rings (SSSR count). The molecule has 2 heterocycles. The summed E-state index contributed by atoms with van der Waals surface area (Å²) in [5.41, 5.74) is 6.46. The van der Waals surface area contributed by atoms with E-state index in [0.717, 1.165) is 50.2 Å². The lowest BCUT2D eigenvalue weighted by molar-refractivity contribution is 0.0398. The van der Waals surface area contributed by atoms with Gasteiger partial charge in [-0.05, 0) is 0 Å². The molecule has 16 heavy (non-hydrogen) atoms. The van der Waals surface area contributed by atoms with E-state index >= 15 is 0 Å². The first kappa shape index (κ1) is 11.8. The Bertz CT molecular complexity index is 312. The molecule has 1 aliphatic rings. The van der Waals surface area contributed by atoms with Crippen molar-refractivity contribution in [3.05, 3.63) is 11.1 Å². The number of ether oxygens (including phenoxy) is 1. The summed E-state index contributed by atoms with van der Waals surface area (Å²) in [7, 11) is 0. The van der Waals surface area contributed by atoms with Crippen molar-refractivity contribution in [2.75, 3.05) is 44.7 Å². The van der Waals surface area contributed by atoms with Gasteiger partial charge in [-0.2, -0.15) is 0 Å². The molecule has 0 saturated carbocycles. The SMILES string of the molecule is NCc1csc(NCCN2CCOCC2)n1. The third-order valence-corrected chi connectivity index (χ3v) is 3.42. The van der Waals surface area contributed by atoms with Crippen molar-refractivity contribution >= 4 is 16.5 Å². The summed E-state index contributed by atoms with van der Waals surface area (Å²) in [6.07, 6.45) is 0. The van der Waals surface area contributed by atoms with Crippen molar-refractivity contribution in [1.82, 2.24) is 9.88 Å². The van der Waals surface area contributed by atoms with Gasteiger partial charge < -0.3 is 15.8 Å². The van der Waals surface area contributed by atoms with Crippen LogP contribution in [0.1, 0.15) is 5.69 Å². The molecule has 90 valence electrons. The van der Waals surface area contributed by atoms with E-state index in [1.54, 1.807) is 11.3 Å². The number of nitrogens with zero attached hydrogens (tertiary/aromatic N) is 2. The van der Waals surface area contributed by atoms with Gasteiger partial charge in [-0.3, -0.25) is 4.90 Å². The number of morpholine rings is 1. The second-order valence-corrected chi connectivity index (χ2v) is 4.59. The smallest absolute Gasteiger partial charge is 0.182 e. The van der Waals surface area contributed by atoms with E-state index in [4.69, 9.17) is 10.5 Å². The Labute approximate surface area is 99.6 Å². The first-order valence-electron chi connectivity index (χ1n) is 5.57. The molecule has 0 radical (unpaired) electrons. The molecule has 1 saturated heterocycles. The van der Waals surface area contributed by atoms with Gasteiger partial charge in [0.05, 0.1) is 18.9 Å². The van der Waals surface area contributed by atoms with Crippen LogP contribution < -0.4 is 11.1 Å². The van der Waals surface area contributed by atoms with Gasteiger partial charge in [0, 0.05) is 38.1 Å². The third-order valence-electron chi connectivity index (χ3n) is 2.57. The van der Waals surface area contributed by atoms with Crippen LogP contribution in [-0.2, 0) is 11.3 Å². The average molecular weight is 242 g/mol. The summed E-state index contributed by atoms with van der Waals surface area (Å²) in [6, 6.07) is 0. The van der Waals surface area contributed by atoms with Gasteiger partial charge in [0.2, 0.25) is 0 Å². The second kappa shape index (κ2) is 6.15. The normalized spacial score (nSPS) is 17.6. The molecule has 0 amide bonds. The van der Waals surface area contributed by atoms with Crippen molar-refractivity contribution in [1.29, 1.82) is 0 Å². The number of thiazole rings is 1. The lowest BCUT2D eigenvalue weighted by Gasteiger charge is -2.26. The molecule has 0 spiro atoms. The van der Waals surface area contributed by atoms with Crippen LogP contribution in [0.25, 0.3) is 0 Å². The van der Waals surface area contributed by atoms with Crippen LogP contribution in [-0.4, -0.2) is 49.3 Å². The molecule has 6 heteroatoms. The standard InChI is InChI=1S/C10H18N4OS/c11-7-9-8-16-10(13-9)12-1-2-14-3-5-15-6-4-14/h8H,1-7,11H2,(H,12,13). The van der Waals surface area contributed by atoms with Crippen LogP contribution >= 0.6 is 11.3 Å². The van der Waals surface area contributed by atoms with E-state index in [9.17, 15) is 0 Å². The van der Waals surface area contributed by atoms with Crippen molar-refractivity contribution in [2.45, 2.75) is 6.54 Å². The Morgan fingerprint density at radius 3 is 3.00 bits per heavy atom. The summed E-state index contributed by atoms with van der Waals surface area (Å²) < 4.78 is 5.30. The van der Waals surface area contributed by atoms with Crippen molar-refractivity contribution < 1.29 is 4.74 Å². The number of anilines is 1. The number of aromatic nitrogens is 1. The maximum Gasteiger partial charge on any atom is 0.182 e. The summed E-state index contributed by atoms with van der Waals surface area (Å²) >= 11 is 1.62. The third kappa shape index (κ3) is 3.41. The van der Waals surface area contributed by atoms with E-state index in [0.29, 0.717) is 6.54 Å². The number of hydrogen-bond donors (Lipinski definition) is 2. The lowest BCUT2D eigenvalue weighted by atomic mass is 10.4. The minimum atomic E-state index is 0.516. The highest BCUT2D eigenvalue weighted by atomic mass is 32.1. The number of hydrogen-bond acceptors (Lipinski definition) is 6. The summed E-state index contributed by atoms with van der Waals surface area (Å²) in [6.45, 7) is 6.27. The van der Waals surface area contributed by atoms with Crippen molar-refractivity contribution in [2.24, 2.45) is 5.73 Å². The van der Waals surface area contributed by atoms with Crippen molar-refractivity contribution in [3.8, 4) is 0 Å². The van der Waals surface area contributed by atoms with E-state index in [1.165, 1.54) is 0 Å². The fourth-order valence-electron chi connectivity index (χ4n) is 1.63. The quantitative estimate of drug-likeness (QED) is 0.780. The zero-order chi connectivity index (χ0) is 11.2. The van der Waals surface area contributed by atoms with E-state index in [2.05, 4.69) is 15.2 Å². The van der Waals surface area contributed by atoms with Gasteiger partial charge in [-0.15, -0.1) is 11.3 Å². The summed E-state index contributed by atoms with van der Waals surface area (Å²) in [4.78, 5) is 6.75. The number of nitrogens with two attached hydrogens (primary N) is 1. The highest BCUT2D eigenvalue weighted by Crippen LogP contribution is 2.14. The van der Waals surface area contributed by atoms with Gasteiger partial charge in [-0.25, -0.2) is 4.98 Å². The second-order valence-electron chi connectivity index (χ2n) is 3.73. The molecule has 0 atom stereocenters. The topological polar surface area (TPSA) is 63.4 Å². The molecule has 0 aliphatic carbocycles. The van der Waals surface area contributed by atoms with Gasteiger partial charge in [0.15, 0.2) is 5.13 Å². The zero-order valence-electron chi connectivity index (χ0n) is 9.32. The Hall–Kier alpha value is -0.690. The maximum atomic E-state index is 5.50. The molecule has 3 N–H and O–H groups in total. The van der Waals surface area contributed by atoms with Gasteiger partial charge in [0.1, 0.15) is 0 Å². The minimum Gasteiger partial charge on any atom is -0.379 e. The Morgan fingerprint density at radius 1 is 1.50 bits per heavy atom. The number of rotatable bonds is 5. The fraction of sp³-hybridized carbons (Fsp3) is 0.700. The molecular formula is C10H18N4OS. The predicted octanol–water partition coefficient (Wildman–Crippen LogP) is 0.346. The van der Waals surface area contributed by atoms with Crippen LogP contribution in [0.3, 0.4) is 0 Å². The molecule has 0 aromatic carbocycles. The highest BCUT2D eigenvalue weighted by Gasteiger charge is 2.09. The Kier molecular flexibility index (Phi) is 4.53. The van der Waals surface area contributed by atoms with Crippen LogP contribution in [0.4, 0.5) is 5.13 Å². The fourth-order valence-corrected chi connectivity index (χ4v) is 2.38. The zero-order valence-corrected chi connectivity index (χ0v) is 10.1. The van der Waals surface area contributed by atoms with Crippen LogP contribution in [0.15, 0.2) is 5.38 Å². The van der Waals surface area contributed by atoms with Gasteiger partial charge in [-0.1, -0.05) is 0 Å². The van der Waals surface area contributed by atoms with Crippen LogP contribution in [0.2, 0.25) is 0 Å². The molecule has 5 nitrogen and oxygen atoms in total. The maximum absolute atomic E-state index is 5.50. The molecule has 0 unspecified atom stereocenters. The van der Waals surface area contributed by atoms with Gasteiger partial charge >= 0.3 is 0 Å². The molecule has 1 aliphatic heterocycles. The molecule has 1 aromatic heterocycles. The summed E-state index contributed by atoms with van der Waals surface area (Å²) in [5.74, 6) is 0. The molecule has 0 bridgehead atoms. The lowest BCUT2D eigenvalue weighted by Crippen LogP contribution is -2.38. The Balaban J connectivity index is 1.66. The molecular weight excluding hydrogens is 224 g/mol. The van der Waals surface area contributed by atoms with Crippen LogP contribution in [0, 0.1) is 0 Å². The largest absolute Gasteiger partial charge is 0.379 e. The van der Waals surface area contributed by atoms with Crippen molar-refractivity contribution in [3.63, 3.8) is 0 Å². The van der Waals surface area contributed by atoms with Gasteiger partial charge in [0.25, 0.3) is 0 Å². The predicted molar refractivity (Wildman–Crippen MR) is 65.8 cm³/mol. The monoisotopic (exact) mass is 242 g/mol. The molecule has 1 fully saturated rings. The first-order chi connectivity index (χ1) is 7.88. The van der Waals surface area contributed by atoms with E-state index in [-0.39, 0.29) is 0 Å². The van der Waals surface area contributed by atoms with E-state index in [1.807, 2.05) is 5.38 Å². The van der Waals surface area contributed by atoms with Crippen LogP contribution in [0.5, 0.6) is 0 Å². The minimum absolute atomic E-state index is 0.516. The average Bonchev–Trinajstić information content (AvgIpc) is 2.78. The molecule has 1 aromatic rings. The first-order valence-corrected chi connectivity index (χ1v) is 6.45. The number of nitrogens with one attached hydrogen (secondary N) is 1. The summed E-state index contributed by atoms with van der Waals surface area (Å²) in [5, 5.41) is 6.28. The highest BCUT2D eigenvalue weighted by molar-refractivity contribution is 7.13.